The van der Waals surface area contributed by atoms with Crippen molar-refractivity contribution >= 4 is 34.0 Å². The van der Waals surface area contributed by atoms with Crippen LogP contribution >= 0.6 is 23.7 Å². The fraction of sp³-hybridized carbons (Fsp3) is 0.308. The molecule has 7 nitrogen and oxygen atoms in total. The molecule has 0 amide bonds. The molecule has 5 rings (SSSR count). The number of nitrogens with one attached hydrogen (secondary N) is 1. The first kappa shape index (κ1) is 25.9. The number of methoxy groups -OCH3 is 2. The Morgan fingerprint density at radius 3 is 2.36 bits per heavy atom. The molecule has 0 bridgehead atoms. The Morgan fingerprint density at radius 1 is 1.03 bits per heavy atom. The molecular weight excluding hydrogens is 505 g/mol. The van der Waals surface area contributed by atoms with Crippen LogP contribution in [0.15, 0.2) is 58.1 Å². The molecule has 0 saturated carbocycles. The molecule has 0 aliphatic carbocycles. The minimum absolute atomic E-state index is 0. The first-order chi connectivity index (χ1) is 17.0. The molecule has 0 atom stereocenters. The summed E-state index contributed by atoms with van der Waals surface area (Å²) in [6.45, 7) is 1.43. The van der Waals surface area contributed by atoms with Crippen LogP contribution < -0.4 is 26.0 Å². The van der Waals surface area contributed by atoms with Crippen LogP contribution in [0.1, 0.15) is 24.4 Å². The first-order valence-corrected chi connectivity index (χ1v) is 12.3. The topological polar surface area (TPSA) is 74.5 Å². The maximum atomic E-state index is 15.1. The van der Waals surface area contributed by atoms with E-state index in [0.29, 0.717) is 28.8 Å². The van der Waals surface area contributed by atoms with E-state index in [4.69, 9.17) is 9.47 Å². The van der Waals surface area contributed by atoms with Gasteiger partial charge in [0, 0.05) is 22.5 Å². The molecule has 2 aromatic carbocycles. The van der Waals surface area contributed by atoms with E-state index in [9.17, 15) is 9.59 Å². The number of thiophene rings is 1. The van der Waals surface area contributed by atoms with Gasteiger partial charge in [-0.25, -0.2) is 9.18 Å². The molecule has 0 radical (unpaired) electrons. The van der Waals surface area contributed by atoms with Crippen molar-refractivity contribution in [3.8, 4) is 21.9 Å². The van der Waals surface area contributed by atoms with Crippen LogP contribution in [0, 0.1) is 5.82 Å². The van der Waals surface area contributed by atoms with E-state index in [1.807, 2.05) is 36.4 Å². The molecule has 1 N–H and O–H groups in total. The van der Waals surface area contributed by atoms with Gasteiger partial charge in [0.15, 0.2) is 11.5 Å². The van der Waals surface area contributed by atoms with Gasteiger partial charge in [0.05, 0.1) is 26.3 Å². The second-order valence-electron chi connectivity index (χ2n) is 8.51. The molecule has 4 aromatic rings. The number of ether oxygens (including phenoxy) is 2. The summed E-state index contributed by atoms with van der Waals surface area (Å²) in [5, 5.41) is 3.27. The summed E-state index contributed by atoms with van der Waals surface area (Å²) in [5.74, 6) is 0.129. The Hall–Kier alpha value is -3.14. The van der Waals surface area contributed by atoms with Crippen LogP contribution in [0.25, 0.3) is 20.7 Å². The summed E-state index contributed by atoms with van der Waals surface area (Å²) < 4.78 is 29.0. The number of rotatable bonds is 6. The summed E-state index contributed by atoms with van der Waals surface area (Å²) in [4.78, 5) is 28.2. The molecule has 3 heterocycles. The van der Waals surface area contributed by atoms with Gasteiger partial charge in [-0.15, -0.1) is 23.7 Å². The summed E-state index contributed by atoms with van der Waals surface area (Å²) in [5.41, 5.74) is 1.02. The molecule has 1 saturated heterocycles. The molecule has 2 aromatic heterocycles. The Balaban J connectivity index is 0.00000304. The zero-order valence-electron chi connectivity index (χ0n) is 20.0. The van der Waals surface area contributed by atoms with Gasteiger partial charge in [-0.3, -0.25) is 13.9 Å². The lowest BCUT2D eigenvalue weighted by Crippen LogP contribution is -2.45. The third-order valence-corrected chi connectivity index (χ3v) is 7.63. The second kappa shape index (κ2) is 10.9. The minimum Gasteiger partial charge on any atom is -0.493 e. The van der Waals surface area contributed by atoms with Crippen LogP contribution in [-0.2, 0) is 6.54 Å². The maximum absolute atomic E-state index is 15.1. The number of fused-ring (bicyclic) bond motifs is 1. The van der Waals surface area contributed by atoms with Gasteiger partial charge in [0.1, 0.15) is 10.5 Å². The largest absolute Gasteiger partial charge is 0.493 e. The Labute approximate surface area is 217 Å². The van der Waals surface area contributed by atoms with E-state index >= 15 is 4.39 Å². The van der Waals surface area contributed by atoms with Crippen molar-refractivity contribution in [1.82, 2.24) is 14.5 Å². The highest BCUT2D eigenvalue weighted by atomic mass is 35.5. The Bertz CT molecular complexity index is 1490. The Morgan fingerprint density at radius 2 is 1.69 bits per heavy atom. The van der Waals surface area contributed by atoms with Crippen molar-refractivity contribution in [2.45, 2.75) is 25.4 Å². The van der Waals surface area contributed by atoms with Crippen LogP contribution in [0.4, 0.5) is 4.39 Å². The fourth-order valence-electron chi connectivity index (χ4n) is 4.64. The summed E-state index contributed by atoms with van der Waals surface area (Å²) >= 11 is 1.36. The van der Waals surface area contributed by atoms with E-state index in [0.717, 1.165) is 23.5 Å². The van der Waals surface area contributed by atoms with Gasteiger partial charge < -0.3 is 14.8 Å². The number of hydrogen-bond donors (Lipinski definition) is 1. The highest BCUT2D eigenvalue weighted by Crippen LogP contribution is 2.33. The van der Waals surface area contributed by atoms with Crippen molar-refractivity contribution in [2.24, 2.45) is 0 Å². The second-order valence-corrected chi connectivity index (χ2v) is 9.57. The van der Waals surface area contributed by atoms with E-state index in [-0.39, 0.29) is 41.9 Å². The summed E-state index contributed by atoms with van der Waals surface area (Å²) in [7, 11) is 2.92. The van der Waals surface area contributed by atoms with Crippen molar-refractivity contribution in [1.29, 1.82) is 0 Å². The third-order valence-electron chi connectivity index (χ3n) is 6.47. The number of aromatic nitrogens is 2. The quantitative estimate of drug-likeness (QED) is 0.398. The molecule has 10 heteroatoms. The predicted octanol–water partition coefficient (Wildman–Crippen LogP) is 4.44. The molecule has 1 fully saturated rings. The molecule has 1 aliphatic rings. The van der Waals surface area contributed by atoms with E-state index in [2.05, 4.69) is 5.32 Å². The van der Waals surface area contributed by atoms with E-state index in [1.54, 1.807) is 0 Å². The molecular formula is C26H27ClFN3O4S. The highest BCUT2D eigenvalue weighted by Gasteiger charge is 2.24. The van der Waals surface area contributed by atoms with Gasteiger partial charge in [-0.2, -0.15) is 0 Å². The van der Waals surface area contributed by atoms with Gasteiger partial charge in [0.25, 0.3) is 5.56 Å². The lowest BCUT2D eigenvalue weighted by molar-refractivity contribution is 0.345. The van der Waals surface area contributed by atoms with Crippen LogP contribution in [0.2, 0.25) is 0 Å². The molecule has 1 aliphatic heterocycles. The molecule has 0 unspecified atom stereocenters. The van der Waals surface area contributed by atoms with Crippen molar-refractivity contribution in [2.75, 3.05) is 27.3 Å². The zero-order valence-corrected chi connectivity index (χ0v) is 21.6. The minimum atomic E-state index is -0.513. The number of hydrogen-bond acceptors (Lipinski definition) is 6. The van der Waals surface area contributed by atoms with E-state index in [1.165, 1.54) is 46.8 Å². The van der Waals surface area contributed by atoms with Crippen molar-refractivity contribution in [3.05, 3.63) is 80.7 Å². The first-order valence-electron chi connectivity index (χ1n) is 11.5. The smallest absolute Gasteiger partial charge is 0.332 e. The zero-order chi connectivity index (χ0) is 24.5. The van der Waals surface area contributed by atoms with Crippen LogP contribution in [0.3, 0.4) is 0 Å². The molecule has 0 spiro atoms. The lowest BCUT2D eigenvalue weighted by Gasteiger charge is -2.25. The van der Waals surface area contributed by atoms with Gasteiger partial charge >= 0.3 is 5.69 Å². The standard InChI is InChI=1S/C26H26FN3O4S.ClH/c1-33-21-12-17(19(27)13-22(21)34-2)15-29-20-14-23(16-6-4-3-5-7-16)35-24(20)25(31)30(26(29)32)18-8-10-28-11-9-18;/h3-7,12-14,18,28H,8-11,15H2,1-2H3;1H. The fourth-order valence-corrected chi connectivity index (χ4v) is 5.74. The van der Waals surface area contributed by atoms with Crippen LogP contribution in [-0.4, -0.2) is 36.4 Å². The summed E-state index contributed by atoms with van der Waals surface area (Å²) in [6.07, 6.45) is 1.37. The average Bonchev–Trinajstić information content (AvgIpc) is 3.34. The normalized spacial score (nSPS) is 14.0. The highest BCUT2D eigenvalue weighted by molar-refractivity contribution is 7.22. The van der Waals surface area contributed by atoms with E-state index < -0.39 is 11.5 Å². The monoisotopic (exact) mass is 531 g/mol. The average molecular weight is 532 g/mol. The Kier molecular flexibility index (Phi) is 7.82. The maximum Gasteiger partial charge on any atom is 0.332 e. The molecule has 36 heavy (non-hydrogen) atoms. The van der Waals surface area contributed by atoms with Gasteiger partial charge in [-0.1, -0.05) is 30.3 Å². The SMILES string of the molecule is COc1cc(F)c(Cn2c(=O)n(C3CCNCC3)c(=O)c3sc(-c4ccccc4)cc32)cc1OC.Cl. The number of nitrogens with zero attached hydrogens (tertiary/aromatic N) is 2. The number of halogens is 2. The third kappa shape index (κ3) is 4.66. The van der Waals surface area contributed by atoms with Gasteiger partial charge in [0.2, 0.25) is 0 Å². The summed E-state index contributed by atoms with van der Waals surface area (Å²) in [6, 6.07) is 14.2. The number of piperidine rings is 1. The van der Waals surface area contributed by atoms with Crippen LogP contribution in [0.5, 0.6) is 11.5 Å². The molecule has 190 valence electrons. The number of benzene rings is 2. The van der Waals surface area contributed by atoms with Gasteiger partial charge in [-0.05, 0) is 43.6 Å². The lowest BCUT2D eigenvalue weighted by atomic mass is 10.1. The predicted molar refractivity (Wildman–Crippen MR) is 143 cm³/mol. The van der Waals surface area contributed by atoms with Crippen molar-refractivity contribution < 1.29 is 13.9 Å². The van der Waals surface area contributed by atoms with Crippen molar-refractivity contribution in [3.63, 3.8) is 0 Å².